The van der Waals surface area contributed by atoms with Gasteiger partial charge in [-0.1, -0.05) is 6.07 Å². The molecule has 1 aromatic rings. The zero-order valence-electron chi connectivity index (χ0n) is 11.2. The van der Waals surface area contributed by atoms with Crippen LogP contribution < -0.4 is 5.73 Å². The van der Waals surface area contributed by atoms with E-state index in [9.17, 15) is 17.6 Å². The summed E-state index contributed by atoms with van der Waals surface area (Å²) in [6.07, 6.45) is 1.11. The van der Waals surface area contributed by atoms with Crippen molar-refractivity contribution >= 4 is 15.9 Å². The van der Waals surface area contributed by atoms with Crippen LogP contribution in [0.2, 0.25) is 0 Å². The van der Waals surface area contributed by atoms with E-state index in [2.05, 4.69) is 0 Å². The van der Waals surface area contributed by atoms with Gasteiger partial charge in [-0.25, -0.2) is 12.8 Å². The van der Waals surface area contributed by atoms with Crippen molar-refractivity contribution in [2.24, 2.45) is 11.7 Å². The smallest absolute Gasteiger partial charge is 0.246 e. The van der Waals surface area contributed by atoms with Crippen LogP contribution in [0.5, 0.6) is 0 Å². The summed E-state index contributed by atoms with van der Waals surface area (Å²) in [5.41, 5.74) is 5.89. The predicted molar refractivity (Wildman–Crippen MR) is 71.8 cm³/mol. The lowest BCUT2D eigenvalue weighted by Crippen LogP contribution is -2.44. The molecule has 1 heterocycles. The topological polar surface area (TPSA) is 80.5 Å². The molecule has 1 fully saturated rings. The number of benzene rings is 1. The van der Waals surface area contributed by atoms with Crippen LogP contribution in [-0.2, 0) is 14.8 Å². The molecule has 7 heteroatoms. The zero-order chi connectivity index (χ0) is 14.9. The first kappa shape index (κ1) is 14.9. The fourth-order valence-corrected chi connectivity index (χ4v) is 4.01. The van der Waals surface area contributed by atoms with Gasteiger partial charge < -0.3 is 5.73 Å². The summed E-state index contributed by atoms with van der Waals surface area (Å²) in [5.74, 6) is -1.81. The van der Waals surface area contributed by atoms with E-state index in [1.807, 2.05) is 0 Å². The van der Waals surface area contributed by atoms with E-state index in [-0.39, 0.29) is 18.0 Å². The third-order valence-electron chi connectivity index (χ3n) is 3.49. The largest absolute Gasteiger partial charge is 0.369 e. The van der Waals surface area contributed by atoms with E-state index in [0.717, 1.165) is 10.4 Å². The number of carbonyl (C=O) groups excluding carboxylic acids is 1. The van der Waals surface area contributed by atoms with Crippen molar-refractivity contribution in [3.8, 4) is 0 Å². The lowest BCUT2D eigenvalue weighted by Gasteiger charge is -2.30. The molecule has 1 atom stereocenters. The van der Waals surface area contributed by atoms with Crippen molar-refractivity contribution < 1.29 is 17.6 Å². The molecule has 0 aromatic heterocycles. The maximum absolute atomic E-state index is 13.8. The minimum absolute atomic E-state index is 0.0189. The lowest BCUT2D eigenvalue weighted by atomic mass is 9.99. The molecule has 1 aromatic carbocycles. The van der Waals surface area contributed by atoms with Crippen LogP contribution in [0, 0.1) is 18.7 Å². The molecule has 1 aliphatic heterocycles. The SMILES string of the molecule is Cc1ccc(F)c(S(=O)(=O)N2CCCC(C(N)=O)C2)c1. The third-order valence-corrected chi connectivity index (χ3v) is 5.37. The van der Waals surface area contributed by atoms with Crippen molar-refractivity contribution in [3.63, 3.8) is 0 Å². The van der Waals surface area contributed by atoms with Crippen molar-refractivity contribution in [1.82, 2.24) is 4.31 Å². The Bertz CT molecular complexity index is 631. The Morgan fingerprint density at radius 1 is 1.45 bits per heavy atom. The average Bonchev–Trinajstić information content (AvgIpc) is 2.41. The number of aryl methyl sites for hydroxylation is 1. The van der Waals surface area contributed by atoms with E-state index >= 15 is 0 Å². The lowest BCUT2D eigenvalue weighted by molar-refractivity contribution is -0.122. The minimum Gasteiger partial charge on any atom is -0.369 e. The Morgan fingerprint density at radius 3 is 2.80 bits per heavy atom. The van der Waals surface area contributed by atoms with E-state index in [1.165, 1.54) is 12.1 Å². The van der Waals surface area contributed by atoms with E-state index in [1.54, 1.807) is 6.92 Å². The van der Waals surface area contributed by atoms with Gasteiger partial charge >= 0.3 is 0 Å². The molecule has 0 bridgehead atoms. The molecule has 1 amide bonds. The van der Waals surface area contributed by atoms with Crippen molar-refractivity contribution in [1.29, 1.82) is 0 Å². The van der Waals surface area contributed by atoms with Crippen molar-refractivity contribution in [2.75, 3.05) is 13.1 Å². The number of nitrogens with zero attached hydrogens (tertiary/aromatic N) is 1. The molecule has 110 valence electrons. The van der Waals surface area contributed by atoms with Gasteiger partial charge in [0.2, 0.25) is 15.9 Å². The molecule has 1 unspecified atom stereocenters. The molecule has 2 N–H and O–H groups in total. The maximum Gasteiger partial charge on any atom is 0.246 e. The first-order chi connectivity index (χ1) is 9.32. The summed E-state index contributed by atoms with van der Waals surface area (Å²) in [7, 11) is -3.93. The number of hydrogen-bond donors (Lipinski definition) is 1. The molecule has 0 radical (unpaired) electrons. The fraction of sp³-hybridized carbons (Fsp3) is 0.462. The summed E-state index contributed by atoms with van der Waals surface area (Å²) in [5, 5.41) is 0. The van der Waals surface area contributed by atoms with Gasteiger partial charge in [-0.3, -0.25) is 4.79 Å². The van der Waals surface area contributed by atoms with Gasteiger partial charge in [0.25, 0.3) is 0 Å². The van der Waals surface area contributed by atoms with Crippen LogP contribution >= 0.6 is 0 Å². The summed E-state index contributed by atoms with van der Waals surface area (Å²) < 4.78 is 39.8. The van der Waals surface area contributed by atoms with Crippen molar-refractivity contribution in [3.05, 3.63) is 29.6 Å². The molecule has 0 spiro atoms. The highest BCUT2D eigenvalue weighted by atomic mass is 32.2. The summed E-state index contributed by atoms with van der Waals surface area (Å²) in [4.78, 5) is 10.9. The Balaban J connectivity index is 2.35. The first-order valence-corrected chi connectivity index (χ1v) is 7.82. The number of halogens is 1. The highest BCUT2D eigenvalue weighted by Gasteiger charge is 2.33. The van der Waals surface area contributed by atoms with Gasteiger partial charge in [-0.2, -0.15) is 4.31 Å². The number of nitrogens with two attached hydrogens (primary N) is 1. The average molecular weight is 300 g/mol. The number of amides is 1. The molecule has 1 aliphatic rings. The number of piperidine rings is 1. The molecule has 0 aliphatic carbocycles. The molecular weight excluding hydrogens is 283 g/mol. The number of sulfonamides is 1. The number of primary amides is 1. The second-order valence-electron chi connectivity index (χ2n) is 5.04. The van der Waals surface area contributed by atoms with Crippen LogP contribution in [0.3, 0.4) is 0 Å². The second-order valence-corrected chi connectivity index (χ2v) is 6.94. The number of carbonyl (C=O) groups is 1. The number of hydrogen-bond acceptors (Lipinski definition) is 3. The van der Waals surface area contributed by atoms with Crippen LogP contribution in [0.15, 0.2) is 23.1 Å². The second kappa shape index (κ2) is 5.49. The van der Waals surface area contributed by atoms with Gasteiger partial charge in [0.05, 0.1) is 5.92 Å². The van der Waals surface area contributed by atoms with Crippen LogP contribution in [0.4, 0.5) is 4.39 Å². The zero-order valence-corrected chi connectivity index (χ0v) is 12.0. The molecule has 20 heavy (non-hydrogen) atoms. The van der Waals surface area contributed by atoms with Crippen LogP contribution in [0.1, 0.15) is 18.4 Å². The first-order valence-electron chi connectivity index (χ1n) is 6.38. The summed E-state index contributed by atoms with van der Waals surface area (Å²) in [6.45, 7) is 1.99. The fourth-order valence-electron chi connectivity index (χ4n) is 2.34. The van der Waals surface area contributed by atoms with E-state index in [0.29, 0.717) is 18.4 Å². The Hall–Kier alpha value is -1.47. The minimum atomic E-state index is -3.93. The molecule has 0 saturated carbocycles. The molecule has 5 nitrogen and oxygen atoms in total. The summed E-state index contributed by atoms with van der Waals surface area (Å²) in [6, 6.07) is 3.95. The molecule has 1 saturated heterocycles. The van der Waals surface area contributed by atoms with Crippen molar-refractivity contribution in [2.45, 2.75) is 24.7 Å². The van der Waals surface area contributed by atoms with Gasteiger partial charge in [0, 0.05) is 13.1 Å². The van der Waals surface area contributed by atoms with E-state index in [4.69, 9.17) is 5.73 Å². The maximum atomic E-state index is 13.8. The monoisotopic (exact) mass is 300 g/mol. The summed E-state index contributed by atoms with van der Waals surface area (Å²) >= 11 is 0. The molecular formula is C13H17FN2O3S. The normalized spacial score (nSPS) is 20.8. The van der Waals surface area contributed by atoms with Gasteiger partial charge in [-0.15, -0.1) is 0 Å². The van der Waals surface area contributed by atoms with E-state index < -0.39 is 27.7 Å². The quantitative estimate of drug-likeness (QED) is 0.905. The van der Waals surface area contributed by atoms with Gasteiger partial charge in [-0.05, 0) is 37.5 Å². The van der Waals surface area contributed by atoms with Gasteiger partial charge in [0.1, 0.15) is 10.7 Å². The third kappa shape index (κ3) is 2.83. The Morgan fingerprint density at radius 2 is 2.15 bits per heavy atom. The van der Waals surface area contributed by atoms with Gasteiger partial charge in [0.15, 0.2) is 0 Å². The standard InChI is InChI=1S/C13H17FN2O3S/c1-9-4-5-11(14)12(7-9)20(18,19)16-6-2-3-10(8-16)13(15)17/h4-5,7,10H,2-3,6,8H2,1H3,(H2,15,17). The highest BCUT2D eigenvalue weighted by Crippen LogP contribution is 2.25. The van der Waals surface area contributed by atoms with Crippen LogP contribution in [0.25, 0.3) is 0 Å². The Kier molecular flexibility index (Phi) is 4.10. The van der Waals surface area contributed by atoms with Crippen LogP contribution in [-0.4, -0.2) is 31.7 Å². The Labute approximate surface area is 117 Å². The highest BCUT2D eigenvalue weighted by molar-refractivity contribution is 7.89. The molecule has 2 rings (SSSR count). The predicted octanol–water partition coefficient (Wildman–Crippen LogP) is 1.02. The number of rotatable bonds is 3.